The molecule has 3 rings (SSSR count). The first-order chi connectivity index (χ1) is 8.43. The molecule has 0 aromatic carbocycles. The Kier molecular flexibility index (Phi) is 3.20. The number of hydrogen-bond acceptors (Lipinski definition) is 4. The minimum absolute atomic E-state index is 0.494. The molecule has 0 radical (unpaired) electrons. The lowest BCUT2D eigenvalue weighted by molar-refractivity contribution is 0.562. The van der Waals surface area contributed by atoms with Gasteiger partial charge in [0, 0.05) is 36.8 Å². The Morgan fingerprint density at radius 2 is 2.53 bits per heavy atom. The van der Waals surface area contributed by atoms with Gasteiger partial charge in [-0.3, -0.25) is 0 Å². The maximum Gasteiger partial charge on any atom is 0.0948 e. The van der Waals surface area contributed by atoms with Crippen LogP contribution in [0.1, 0.15) is 29.6 Å². The quantitative estimate of drug-likeness (QED) is 0.900. The third kappa shape index (κ3) is 2.40. The monoisotopic (exact) mass is 248 g/mol. The summed E-state index contributed by atoms with van der Waals surface area (Å²) in [4.78, 5) is 8.58. The van der Waals surface area contributed by atoms with Gasteiger partial charge in [-0.2, -0.15) is 0 Å². The van der Waals surface area contributed by atoms with Gasteiger partial charge in [-0.15, -0.1) is 11.3 Å². The van der Waals surface area contributed by atoms with Gasteiger partial charge in [0.1, 0.15) is 0 Å². The Morgan fingerprint density at radius 1 is 1.53 bits per heavy atom. The molecule has 1 atom stereocenters. The van der Waals surface area contributed by atoms with Crippen molar-refractivity contribution in [2.75, 3.05) is 6.54 Å². The third-order valence-corrected chi connectivity index (χ3v) is 4.05. The van der Waals surface area contributed by atoms with Gasteiger partial charge >= 0.3 is 0 Å². The van der Waals surface area contributed by atoms with Crippen molar-refractivity contribution < 1.29 is 0 Å². The van der Waals surface area contributed by atoms with Gasteiger partial charge in [0.25, 0.3) is 0 Å². The summed E-state index contributed by atoms with van der Waals surface area (Å²) < 4.78 is 2.25. The molecule has 90 valence electrons. The van der Waals surface area contributed by atoms with Gasteiger partial charge in [0.05, 0.1) is 17.0 Å². The van der Waals surface area contributed by atoms with Crippen LogP contribution in [0.3, 0.4) is 0 Å². The SMILES string of the molecule is c1csc(CCn2cncc2C2CCCN2)n1. The average Bonchev–Trinajstić information content (AvgIpc) is 3.09. The Morgan fingerprint density at radius 3 is 3.29 bits per heavy atom. The number of rotatable bonds is 4. The molecule has 2 aromatic heterocycles. The minimum Gasteiger partial charge on any atom is -0.333 e. The summed E-state index contributed by atoms with van der Waals surface area (Å²) in [6, 6.07) is 0.494. The topological polar surface area (TPSA) is 42.7 Å². The zero-order valence-electron chi connectivity index (χ0n) is 9.67. The first kappa shape index (κ1) is 10.9. The van der Waals surface area contributed by atoms with Crippen LogP contribution in [-0.2, 0) is 13.0 Å². The maximum absolute atomic E-state index is 4.31. The lowest BCUT2D eigenvalue weighted by Gasteiger charge is -2.13. The van der Waals surface area contributed by atoms with Crippen LogP contribution in [-0.4, -0.2) is 21.1 Å². The number of imidazole rings is 1. The van der Waals surface area contributed by atoms with Crippen LogP contribution in [0, 0.1) is 0 Å². The number of thiazole rings is 1. The highest BCUT2D eigenvalue weighted by atomic mass is 32.1. The average molecular weight is 248 g/mol. The van der Waals surface area contributed by atoms with E-state index in [0.29, 0.717) is 6.04 Å². The van der Waals surface area contributed by atoms with E-state index in [1.807, 2.05) is 24.1 Å². The van der Waals surface area contributed by atoms with Crippen molar-refractivity contribution in [3.05, 3.63) is 34.8 Å². The van der Waals surface area contributed by atoms with Gasteiger partial charge in [-0.05, 0) is 19.4 Å². The van der Waals surface area contributed by atoms with Crippen LogP contribution in [0.5, 0.6) is 0 Å². The smallest absolute Gasteiger partial charge is 0.0948 e. The lowest BCUT2D eigenvalue weighted by atomic mass is 10.2. The summed E-state index contributed by atoms with van der Waals surface area (Å²) in [6.07, 6.45) is 9.28. The molecule has 1 N–H and O–H groups in total. The van der Waals surface area contributed by atoms with E-state index in [-0.39, 0.29) is 0 Å². The normalized spacial score (nSPS) is 19.9. The van der Waals surface area contributed by atoms with Gasteiger partial charge in [0.15, 0.2) is 0 Å². The summed E-state index contributed by atoms with van der Waals surface area (Å²) in [5, 5.41) is 6.75. The van der Waals surface area contributed by atoms with Crippen molar-refractivity contribution in [1.82, 2.24) is 19.9 Å². The summed E-state index contributed by atoms with van der Waals surface area (Å²) in [7, 11) is 0. The zero-order valence-corrected chi connectivity index (χ0v) is 10.5. The summed E-state index contributed by atoms with van der Waals surface area (Å²) >= 11 is 1.72. The molecular formula is C12H16N4S. The van der Waals surface area contributed by atoms with Gasteiger partial charge < -0.3 is 9.88 Å². The Balaban J connectivity index is 1.68. The lowest BCUT2D eigenvalue weighted by Crippen LogP contribution is -2.17. The predicted octanol–water partition coefficient (Wildman–Crippen LogP) is 2.01. The molecule has 1 aliphatic rings. The fourth-order valence-electron chi connectivity index (χ4n) is 2.34. The molecule has 1 fully saturated rings. The summed E-state index contributed by atoms with van der Waals surface area (Å²) in [5.41, 5.74) is 1.32. The molecule has 3 heterocycles. The van der Waals surface area contributed by atoms with E-state index in [1.165, 1.54) is 23.5 Å². The van der Waals surface area contributed by atoms with E-state index in [1.54, 1.807) is 11.3 Å². The van der Waals surface area contributed by atoms with Crippen molar-refractivity contribution in [3.8, 4) is 0 Å². The van der Waals surface area contributed by atoms with Gasteiger partial charge in [-0.25, -0.2) is 9.97 Å². The molecule has 1 aliphatic heterocycles. The van der Waals surface area contributed by atoms with Crippen molar-refractivity contribution >= 4 is 11.3 Å². The Hall–Kier alpha value is -1.20. The van der Waals surface area contributed by atoms with Crippen LogP contribution in [0.15, 0.2) is 24.1 Å². The van der Waals surface area contributed by atoms with Crippen LogP contribution in [0.2, 0.25) is 0 Å². The molecule has 17 heavy (non-hydrogen) atoms. The maximum atomic E-state index is 4.31. The second-order valence-electron chi connectivity index (χ2n) is 4.34. The molecule has 0 amide bonds. The molecule has 0 bridgehead atoms. The second-order valence-corrected chi connectivity index (χ2v) is 5.32. The van der Waals surface area contributed by atoms with E-state index in [2.05, 4.69) is 19.9 Å². The van der Waals surface area contributed by atoms with Crippen molar-refractivity contribution in [2.24, 2.45) is 0 Å². The van der Waals surface area contributed by atoms with E-state index >= 15 is 0 Å². The van der Waals surface area contributed by atoms with Crippen molar-refractivity contribution in [2.45, 2.75) is 31.8 Å². The molecule has 4 nitrogen and oxygen atoms in total. The second kappa shape index (κ2) is 4.98. The number of aromatic nitrogens is 3. The molecular weight excluding hydrogens is 232 g/mol. The zero-order chi connectivity index (χ0) is 11.5. The molecule has 0 saturated carbocycles. The fraction of sp³-hybridized carbons (Fsp3) is 0.500. The first-order valence-corrected chi connectivity index (χ1v) is 6.93. The molecule has 0 spiro atoms. The van der Waals surface area contributed by atoms with E-state index in [0.717, 1.165) is 19.5 Å². The van der Waals surface area contributed by atoms with E-state index in [4.69, 9.17) is 0 Å². The largest absolute Gasteiger partial charge is 0.333 e. The highest BCUT2D eigenvalue weighted by molar-refractivity contribution is 7.09. The minimum atomic E-state index is 0.494. The number of nitrogens with one attached hydrogen (secondary N) is 1. The standard InChI is InChI=1S/C12H16N4S/c1-2-10(14-4-1)11-8-13-9-16(11)6-3-12-15-5-7-17-12/h5,7-10,14H,1-4,6H2. The van der Waals surface area contributed by atoms with Crippen LogP contribution < -0.4 is 5.32 Å². The van der Waals surface area contributed by atoms with Crippen LogP contribution in [0.25, 0.3) is 0 Å². The number of hydrogen-bond donors (Lipinski definition) is 1. The third-order valence-electron chi connectivity index (χ3n) is 3.21. The summed E-state index contributed by atoms with van der Waals surface area (Å²) in [6.45, 7) is 2.10. The molecule has 5 heteroatoms. The van der Waals surface area contributed by atoms with Crippen molar-refractivity contribution in [3.63, 3.8) is 0 Å². The molecule has 1 saturated heterocycles. The number of aryl methyl sites for hydroxylation is 2. The first-order valence-electron chi connectivity index (χ1n) is 6.05. The highest BCUT2D eigenvalue weighted by Gasteiger charge is 2.19. The fourth-order valence-corrected chi connectivity index (χ4v) is 2.95. The van der Waals surface area contributed by atoms with Crippen LogP contribution >= 0.6 is 11.3 Å². The number of nitrogens with zero attached hydrogens (tertiary/aromatic N) is 3. The van der Waals surface area contributed by atoms with Gasteiger partial charge in [-0.1, -0.05) is 0 Å². The predicted molar refractivity (Wildman–Crippen MR) is 68.0 cm³/mol. The van der Waals surface area contributed by atoms with Crippen molar-refractivity contribution in [1.29, 1.82) is 0 Å². The van der Waals surface area contributed by atoms with E-state index in [9.17, 15) is 0 Å². The van der Waals surface area contributed by atoms with Crippen LogP contribution in [0.4, 0.5) is 0 Å². The Labute approximate surface area is 105 Å². The highest BCUT2D eigenvalue weighted by Crippen LogP contribution is 2.22. The Bertz CT molecular complexity index is 457. The van der Waals surface area contributed by atoms with E-state index < -0.39 is 0 Å². The molecule has 1 unspecified atom stereocenters. The summed E-state index contributed by atoms with van der Waals surface area (Å²) in [5.74, 6) is 0. The molecule has 2 aromatic rings. The van der Waals surface area contributed by atoms with Gasteiger partial charge in [0.2, 0.25) is 0 Å². The molecule has 0 aliphatic carbocycles.